The molecule has 3 N–H and O–H groups in total. The Hall–Kier alpha value is -4.49. The van der Waals surface area contributed by atoms with Crippen molar-refractivity contribution in [1.29, 1.82) is 0 Å². The first-order valence-electron chi connectivity index (χ1n) is 17.4. The van der Waals surface area contributed by atoms with Gasteiger partial charge in [0, 0.05) is 58.8 Å². The molecule has 0 radical (unpaired) electrons. The van der Waals surface area contributed by atoms with E-state index in [1.807, 2.05) is 30.3 Å². The second kappa shape index (κ2) is 16.7. The van der Waals surface area contributed by atoms with Crippen LogP contribution in [0.25, 0.3) is 0 Å². The third kappa shape index (κ3) is 9.18. The Morgan fingerprint density at radius 2 is 1.70 bits per heavy atom. The largest absolute Gasteiger partial charge is 0.478 e. The van der Waals surface area contributed by atoms with Crippen molar-refractivity contribution in [3.63, 3.8) is 0 Å². The number of carboxylic acid groups (broad SMARTS) is 1. The van der Waals surface area contributed by atoms with E-state index in [0.29, 0.717) is 46.7 Å². The van der Waals surface area contributed by atoms with Crippen LogP contribution in [0.2, 0.25) is 10.0 Å². The van der Waals surface area contributed by atoms with Crippen molar-refractivity contribution in [3.8, 4) is 5.88 Å². The van der Waals surface area contributed by atoms with E-state index in [-0.39, 0.29) is 35.7 Å². The van der Waals surface area contributed by atoms with Crippen LogP contribution in [0.15, 0.2) is 91.0 Å². The molecule has 1 aliphatic heterocycles. The Balaban J connectivity index is 1.28. The van der Waals surface area contributed by atoms with Crippen LogP contribution in [0.5, 0.6) is 5.88 Å². The molecule has 0 bridgehead atoms. The number of sulfonamides is 1. The number of nitrogens with one attached hydrogen (secondary N) is 2. The molecule has 0 saturated heterocycles. The molecule has 1 aliphatic carbocycles. The van der Waals surface area contributed by atoms with Gasteiger partial charge in [0.25, 0.3) is 5.91 Å². The minimum absolute atomic E-state index is 0.148. The summed E-state index contributed by atoms with van der Waals surface area (Å²) in [6.45, 7) is 0.164. The van der Waals surface area contributed by atoms with E-state index >= 15 is 0 Å². The average Bonchev–Trinajstić information content (AvgIpc) is 3.12. The second-order valence-electron chi connectivity index (χ2n) is 13.4. The topological polar surface area (TPSA) is 155 Å². The lowest BCUT2D eigenvalue weighted by Crippen LogP contribution is -2.59. The molecule has 1 fully saturated rings. The lowest BCUT2D eigenvalue weighted by Gasteiger charge is -2.49. The number of amides is 2. The molecule has 2 aliphatic rings. The molecule has 53 heavy (non-hydrogen) atoms. The van der Waals surface area contributed by atoms with Gasteiger partial charge in [-0.2, -0.15) is 0 Å². The maximum absolute atomic E-state index is 14.5. The summed E-state index contributed by atoms with van der Waals surface area (Å²) < 4.78 is 33.5. The van der Waals surface area contributed by atoms with E-state index < -0.39 is 46.1 Å². The number of rotatable bonds is 13. The summed E-state index contributed by atoms with van der Waals surface area (Å²) >= 11 is 13.1. The number of aliphatic carboxylic acids is 1. The Kier molecular flexibility index (Phi) is 12.0. The van der Waals surface area contributed by atoms with Gasteiger partial charge in [-0.1, -0.05) is 96.7 Å². The molecule has 5 atom stereocenters. The fourth-order valence-corrected chi connectivity index (χ4v) is 8.71. The summed E-state index contributed by atoms with van der Waals surface area (Å²) in [4.78, 5) is 47.1. The van der Waals surface area contributed by atoms with E-state index in [9.17, 15) is 27.9 Å². The van der Waals surface area contributed by atoms with Crippen LogP contribution in [0.1, 0.15) is 70.4 Å². The summed E-state index contributed by atoms with van der Waals surface area (Å²) in [6, 6.07) is 24.1. The number of carbonyl (C=O) groups excluding carboxylic acids is 2. The Morgan fingerprint density at radius 3 is 2.43 bits per heavy atom. The zero-order chi connectivity index (χ0) is 37.7. The van der Waals surface area contributed by atoms with Gasteiger partial charge >= 0.3 is 5.97 Å². The van der Waals surface area contributed by atoms with Gasteiger partial charge in [-0.05, 0) is 53.8 Å². The maximum Gasteiger partial charge on any atom is 0.345 e. The molecule has 3 aromatic carbocycles. The van der Waals surface area contributed by atoms with Gasteiger partial charge in [-0.3, -0.25) is 9.59 Å². The highest BCUT2D eigenvalue weighted by Crippen LogP contribution is 2.48. The van der Waals surface area contributed by atoms with Crippen molar-refractivity contribution in [3.05, 3.63) is 129 Å². The SMILES string of the molecule is CS(=O)(=O)NC1CCCCC1N1C(=O)c2ccccc2C(C(=O)NCCc2cccc(OC(Cc3ccccc3)C(=O)O)n2)C1c1ccc(Cl)cc1Cl. The van der Waals surface area contributed by atoms with Gasteiger partial charge in [-0.25, -0.2) is 22.9 Å². The van der Waals surface area contributed by atoms with E-state index in [1.165, 1.54) is 0 Å². The fourth-order valence-electron chi connectivity index (χ4n) is 7.37. The summed E-state index contributed by atoms with van der Waals surface area (Å²) in [5.74, 6) is -2.57. The molecule has 278 valence electrons. The van der Waals surface area contributed by atoms with Crippen LogP contribution in [-0.4, -0.2) is 72.2 Å². The molecule has 1 aromatic heterocycles. The normalized spacial score (nSPS) is 20.7. The van der Waals surface area contributed by atoms with Gasteiger partial charge in [0.1, 0.15) is 0 Å². The number of nitrogens with zero attached hydrogens (tertiary/aromatic N) is 2. The number of carboxylic acids is 1. The Bertz CT molecular complexity index is 2090. The molecule has 14 heteroatoms. The smallest absolute Gasteiger partial charge is 0.345 e. The monoisotopic (exact) mass is 778 g/mol. The Labute approximate surface area is 318 Å². The quantitative estimate of drug-likeness (QED) is 0.150. The molecule has 11 nitrogen and oxygen atoms in total. The minimum atomic E-state index is -3.62. The van der Waals surface area contributed by atoms with Gasteiger partial charge < -0.3 is 20.1 Å². The van der Waals surface area contributed by atoms with Crippen LogP contribution in [-0.2, 0) is 32.5 Å². The average molecular weight is 780 g/mol. The van der Waals surface area contributed by atoms with Crippen LogP contribution >= 0.6 is 23.2 Å². The molecule has 1 saturated carbocycles. The number of fused-ring (bicyclic) bond motifs is 1. The lowest BCUT2D eigenvalue weighted by atomic mass is 9.76. The standard InChI is InChI=1S/C39H40Cl2N4O7S/c1-53(50,51)44-31-15-7-8-16-32(31)45-36(29-19-18-25(40)23-30(29)41)35(27-13-5-6-14-28(27)38(45)47)37(46)42-21-20-26-12-9-17-34(43-26)52-33(39(48)49)22-24-10-3-2-4-11-24/h2-6,9-14,17-19,23,31-33,35-36,44H,7-8,15-16,20-22H2,1H3,(H,42,46)(H,48,49). The summed E-state index contributed by atoms with van der Waals surface area (Å²) in [7, 11) is -3.62. The number of hydrogen-bond acceptors (Lipinski definition) is 7. The Morgan fingerprint density at radius 1 is 0.962 bits per heavy atom. The molecule has 5 unspecified atom stereocenters. The number of carbonyl (C=O) groups is 3. The van der Waals surface area contributed by atoms with Crippen LogP contribution < -0.4 is 14.8 Å². The van der Waals surface area contributed by atoms with Crippen LogP contribution in [0, 0.1) is 0 Å². The highest BCUT2D eigenvalue weighted by Gasteiger charge is 2.49. The summed E-state index contributed by atoms with van der Waals surface area (Å²) in [6.07, 6.45) is 3.00. The zero-order valence-corrected chi connectivity index (χ0v) is 31.3. The summed E-state index contributed by atoms with van der Waals surface area (Å²) in [5.41, 5.74) is 2.77. The summed E-state index contributed by atoms with van der Waals surface area (Å²) in [5, 5.41) is 13.5. The van der Waals surface area contributed by atoms with Crippen molar-refractivity contribution in [1.82, 2.24) is 19.9 Å². The fraction of sp³-hybridized carbons (Fsp3) is 0.333. The van der Waals surface area contributed by atoms with E-state index in [1.54, 1.807) is 65.6 Å². The molecule has 4 aromatic rings. The molecular formula is C39H40Cl2N4O7S. The molecular weight excluding hydrogens is 739 g/mol. The number of hydrogen-bond donors (Lipinski definition) is 3. The zero-order valence-electron chi connectivity index (χ0n) is 29.0. The van der Waals surface area contributed by atoms with Gasteiger partial charge in [0.15, 0.2) is 0 Å². The van der Waals surface area contributed by atoms with Crippen molar-refractivity contribution in [2.45, 2.75) is 68.7 Å². The highest BCUT2D eigenvalue weighted by molar-refractivity contribution is 7.88. The van der Waals surface area contributed by atoms with Crippen molar-refractivity contribution in [2.24, 2.45) is 0 Å². The number of ether oxygens (including phenoxy) is 1. The van der Waals surface area contributed by atoms with Crippen LogP contribution in [0.3, 0.4) is 0 Å². The van der Waals surface area contributed by atoms with E-state index in [0.717, 1.165) is 24.7 Å². The van der Waals surface area contributed by atoms with Crippen molar-refractivity contribution >= 4 is 51.0 Å². The maximum atomic E-state index is 14.5. The molecule has 2 amide bonds. The van der Waals surface area contributed by atoms with E-state index in [4.69, 9.17) is 27.9 Å². The third-order valence-electron chi connectivity index (χ3n) is 9.66. The first kappa shape index (κ1) is 38.2. The molecule has 0 spiro atoms. The minimum Gasteiger partial charge on any atom is -0.478 e. The first-order chi connectivity index (χ1) is 25.4. The van der Waals surface area contributed by atoms with Crippen LogP contribution in [0.4, 0.5) is 0 Å². The van der Waals surface area contributed by atoms with Gasteiger partial charge in [0.2, 0.25) is 27.9 Å². The molecule has 2 heterocycles. The third-order valence-corrected chi connectivity index (χ3v) is 10.9. The number of halogens is 2. The van der Waals surface area contributed by atoms with Gasteiger partial charge in [-0.15, -0.1) is 0 Å². The number of pyridine rings is 1. The second-order valence-corrected chi connectivity index (χ2v) is 16.0. The highest BCUT2D eigenvalue weighted by atomic mass is 35.5. The molecule has 6 rings (SSSR count). The predicted octanol–water partition coefficient (Wildman–Crippen LogP) is 5.96. The number of benzene rings is 3. The van der Waals surface area contributed by atoms with E-state index in [2.05, 4.69) is 15.0 Å². The first-order valence-corrected chi connectivity index (χ1v) is 20.0. The van der Waals surface area contributed by atoms with Gasteiger partial charge in [0.05, 0.1) is 18.2 Å². The van der Waals surface area contributed by atoms with Crippen molar-refractivity contribution < 1.29 is 32.6 Å². The van der Waals surface area contributed by atoms with Crippen molar-refractivity contribution in [2.75, 3.05) is 12.8 Å². The number of aromatic nitrogens is 1. The predicted molar refractivity (Wildman–Crippen MR) is 202 cm³/mol. The lowest BCUT2D eigenvalue weighted by molar-refractivity contribution is -0.145.